The number of para-hydroxylation sites is 2. The molecule has 2 amide bonds. The van der Waals surface area contributed by atoms with Gasteiger partial charge in [0.25, 0.3) is 5.91 Å². The number of aryl methyl sites for hydroxylation is 1. The Balaban J connectivity index is 1.57. The summed E-state index contributed by atoms with van der Waals surface area (Å²) in [6.45, 7) is 2.34. The number of hydrogen-bond acceptors (Lipinski definition) is 7. The zero-order valence-electron chi connectivity index (χ0n) is 26.0. The van der Waals surface area contributed by atoms with Crippen molar-refractivity contribution >= 4 is 11.8 Å². The van der Waals surface area contributed by atoms with E-state index in [2.05, 4.69) is 5.32 Å². The molecule has 1 N–H and O–H groups in total. The first-order chi connectivity index (χ1) is 21.4. The van der Waals surface area contributed by atoms with E-state index >= 15 is 0 Å². The maximum Gasteiger partial charge on any atom is 0.268 e. The number of amides is 2. The van der Waals surface area contributed by atoms with Crippen LogP contribution in [0.4, 0.5) is 0 Å². The first kappa shape index (κ1) is 31.0. The molecule has 2 atom stereocenters. The van der Waals surface area contributed by atoms with Crippen LogP contribution < -0.4 is 29.0 Å². The van der Waals surface area contributed by atoms with Gasteiger partial charge in [0, 0.05) is 12.6 Å². The Labute approximate surface area is 259 Å². The molecule has 1 heterocycles. The van der Waals surface area contributed by atoms with Crippen LogP contribution >= 0.6 is 0 Å². The van der Waals surface area contributed by atoms with Crippen molar-refractivity contribution in [2.75, 3.05) is 34.5 Å². The average molecular weight is 603 g/mol. The highest BCUT2D eigenvalue weighted by Crippen LogP contribution is 2.41. The number of carbonyl (C=O) groups excluding carboxylic acids is 2. The second kappa shape index (κ2) is 14.4. The van der Waals surface area contributed by atoms with Crippen molar-refractivity contribution in [1.29, 1.82) is 0 Å². The van der Waals surface area contributed by atoms with Crippen molar-refractivity contribution in [3.63, 3.8) is 0 Å². The summed E-state index contributed by atoms with van der Waals surface area (Å²) >= 11 is 0. The van der Waals surface area contributed by atoms with Gasteiger partial charge in [0.15, 0.2) is 23.0 Å². The third kappa shape index (κ3) is 6.87. The van der Waals surface area contributed by atoms with Crippen LogP contribution in [0.1, 0.15) is 54.8 Å². The number of methoxy groups -OCH3 is 3. The summed E-state index contributed by atoms with van der Waals surface area (Å²) < 4.78 is 29.0. The van der Waals surface area contributed by atoms with Gasteiger partial charge in [-0.25, -0.2) is 0 Å². The standard InChI is InChI=1S/C35H42N2O7/c1-23-12-8-9-13-24(23)18-19-37(35(39)31-22-43-27-16-10-11-17-28(27)44-31)32(34(38)36-26-14-6-5-7-15-26)25-20-29(40-2)33(42-4)30(21-25)41-3/h8-13,16-17,20-21,26,31-32H,5-7,14-15,18-19,22H2,1-4H3,(H,36,38). The molecule has 9 heteroatoms. The zero-order valence-corrected chi connectivity index (χ0v) is 26.0. The topological polar surface area (TPSA) is 95.6 Å². The maximum atomic E-state index is 14.5. The highest BCUT2D eigenvalue weighted by Gasteiger charge is 2.39. The summed E-state index contributed by atoms with van der Waals surface area (Å²) in [7, 11) is 4.59. The smallest absolute Gasteiger partial charge is 0.268 e. The van der Waals surface area contributed by atoms with E-state index < -0.39 is 12.1 Å². The van der Waals surface area contributed by atoms with Gasteiger partial charge in [-0.05, 0) is 67.1 Å². The van der Waals surface area contributed by atoms with Crippen LogP contribution in [0.25, 0.3) is 0 Å². The Kier molecular flexibility index (Phi) is 10.1. The van der Waals surface area contributed by atoms with Crippen molar-refractivity contribution < 1.29 is 33.3 Å². The molecule has 0 radical (unpaired) electrons. The lowest BCUT2D eigenvalue weighted by Gasteiger charge is -2.36. The van der Waals surface area contributed by atoms with Gasteiger partial charge in [0.05, 0.1) is 21.3 Å². The van der Waals surface area contributed by atoms with E-state index in [0.29, 0.717) is 40.7 Å². The van der Waals surface area contributed by atoms with E-state index in [0.717, 1.165) is 43.2 Å². The fraction of sp³-hybridized carbons (Fsp3) is 0.429. The fourth-order valence-electron chi connectivity index (χ4n) is 6.08. The maximum absolute atomic E-state index is 14.5. The zero-order chi connectivity index (χ0) is 31.1. The lowest BCUT2D eigenvalue weighted by Crippen LogP contribution is -2.53. The molecule has 5 rings (SSSR count). The summed E-state index contributed by atoms with van der Waals surface area (Å²) in [6, 6.07) is 17.9. The average Bonchev–Trinajstić information content (AvgIpc) is 3.06. The molecule has 2 unspecified atom stereocenters. The predicted molar refractivity (Wildman–Crippen MR) is 167 cm³/mol. The molecule has 0 aromatic heterocycles. The van der Waals surface area contributed by atoms with E-state index in [4.69, 9.17) is 23.7 Å². The van der Waals surface area contributed by atoms with Crippen molar-refractivity contribution in [3.05, 3.63) is 77.4 Å². The molecular weight excluding hydrogens is 560 g/mol. The summed E-state index contributed by atoms with van der Waals surface area (Å²) in [4.78, 5) is 30.5. The first-order valence-corrected chi connectivity index (χ1v) is 15.3. The molecular formula is C35H42N2O7. The van der Waals surface area contributed by atoms with E-state index in [1.807, 2.05) is 49.4 Å². The molecule has 3 aromatic rings. The van der Waals surface area contributed by atoms with E-state index in [9.17, 15) is 9.59 Å². The first-order valence-electron chi connectivity index (χ1n) is 15.3. The third-order valence-corrected chi connectivity index (χ3v) is 8.46. The summed E-state index contributed by atoms with van der Waals surface area (Å²) in [5, 5.41) is 3.27. The Morgan fingerprint density at radius 2 is 1.57 bits per heavy atom. The van der Waals surface area contributed by atoms with Gasteiger partial charge < -0.3 is 33.9 Å². The number of rotatable bonds is 11. The molecule has 1 aliphatic carbocycles. The van der Waals surface area contributed by atoms with Crippen LogP contribution in [0.2, 0.25) is 0 Å². The SMILES string of the molecule is COc1cc(C(C(=O)NC2CCCCC2)N(CCc2ccccc2C)C(=O)C2COc3ccccc3O2)cc(OC)c1OC. The number of carbonyl (C=O) groups is 2. The molecule has 2 aliphatic rings. The molecule has 0 bridgehead atoms. The Morgan fingerprint density at radius 1 is 0.909 bits per heavy atom. The largest absolute Gasteiger partial charge is 0.493 e. The lowest BCUT2D eigenvalue weighted by atomic mass is 9.94. The number of hydrogen-bond donors (Lipinski definition) is 1. The number of benzene rings is 3. The normalized spacial score (nSPS) is 16.9. The van der Waals surface area contributed by atoms with Crippen molar-refractivity contribution in [3.8, 4) is 28.7 Å². The van der Waals surface area contributed by atoms with Gasteiger partial charge in [-0.2, -0.15) is 0 Å². The number of nitrogens with one attached hydrogen (secondary N) is 1. The van der Waals surface area contributed by atoms with E-state index in [-0.39, 0.29) is 31.0 Å². The minimum Gasteiger partial charge on any atom is -0.493 e. The quantitative estimate of drug-likeness (QED) is 0.313. The van der Waals surface area contributed by atoms with Crippen LogP contribution in [0, 0.1) is 6.92 Å². The number of fused-ring (bicyclic) bond motifs is 1. The molecule has 0 saturated heterocycles. The molecule has 3 aromatic carbocycles. The highest BCUT2D eigenvalue weighted by molar-refractivity contribution is 5.91. The molecule has 1 saturated carbocycles. The lowest BCUT2D eigenvalue weighted by molar-refractivity contribution is -0.148. The van der Waals surface area contributed by atoms with Crippen molar-refractivity contribution in [1.82, 2.24) is 10.2 Å². The number of nitrogens with zero attached hydrogens (tertiary/aromatic N) is 1. The Hall–Kier alpha value is -4.40. The van der Waals surface area contributed by atoms with Crippen molar-refractivity contribution in [2.24, 2.45) is 0 Å². The monoisotopic (exact) mass is 602 g/mol. The second-order valence-electron chi connectivity index (χ2n) is 11.3. The molecule has 1 fully saturated rings. The van der Waals surface area contributed by atoms with Crippen LogP contribution in [0.5, 0.6) is 28.7 Å². The number of ether oxygens (including phenoxy) is 5. The van der Waals surface area contributed by atoms with Crippen LogP contribution in [-0.4, -0.2) is 63.3 Å². The van der Waals surface area contributed by atoms with Gasteiger partial charge in [-0.1, -0.05) is 55.7 Å². The fourth-order valence-corrected chi connectivity index (χ4v) is 6.08. The van der Waals surface area contributed by atoms with Gasteiger partial charge in [-0.3, -0.25) is 9.59 Å². The Bertz CT molecular complexity index is 1430. The predicted octanol–water partition coefficient (Wildman–Crippen LogP) is 5.42. The summed E-state index contributed by atoms with van der Waals surface area (Å²) in [6.07, 6.45) is 4.69. The summed E-state index contributed by atoms with van der Waals surface area (Å²) in [5.41, 5.74) is 2.75. The third-order valence-electron chi connectivity index (χ3n) is 8.46. The minimum absolute atomic E-state index is 0.0307. The molecule has 9 nitrogen and oxygen atoms in total. The minimum atomic E-state index is -0.997. The van der Waals surface area contributed by atoms with Crippen molar-refractivity contribution in [2.45, 2.75) is 63.6 Å². The Morgan fingerprint density at radius 3 is 2.23 bits per heavy atom. The van der Waals surface area contributed by atoms with Gasteiger partial charge in [0.2, 0.25) is 17.8 Å². The molecule has 234 valence electrons. The summed E-state index contributed by atoms with van der Waals surface area (Å²) in [5.74, 6) is 1.67. The molecule has 44 heavy (non-hydrogen) atoms. The van der Waals surface area contributed by atoms with Gasteiger partial charge >= 0.3 is 0 Å². The molecule has 1 aliphatic heterocycles. The van der Waals surface area contributed by atoms with E-state index in [1.165, 1.54) is 21.3 Å². The van der Waals surface area contributed by atoms with Crippen LogP contribution in [0.15, 0.2) is 60.7 Å². The van der Waals surface area contributed by atoms with Crippen LogP contribution in [0.3, 0.4) is 0 Å². The molecule has 0 spiro atoms. The van der Waals surface area contributed by atoms with Gasteiger partial charge in [-0.15, -0.1) is 0 Å². The van der Waals surface area contributed by atoms with E-state index in [1.54, 1.807) is 23.1 Å². The second-order valence-corrected chi connectivity index (χ2v) is 11.3. The van der Waals surface area contributed by atoms with Crippen LogP contribution in [-0.2, 0) is 16.0 Å². The van der Waals surface area contributed by atoms with Gasteiger partial charge in [0.1, 0.15) is 12.6 Å². The highest BCUT2D eigenvalue weighted by atomic mass is 16.6.